The molecule has 0 radical (unpaired) electrons. The minimum atomic E-state index is -3.41. The topological polar surface area (TPSA) is 67.0 Å². The van der Waals surface area contributed by atoms with Crippen LogP contribution in [0.3, 0.4) is 0 Å². The van der Waals surface area contributed by atoms with E-state index in [1.54, 1.807) is 13.8 Å². The second kappa shape index (κ2) is 3.57. The summed E-state index contributed by atoms with van der Waals surface area (Å²) >= 11 is 0. The molecule has 0 aliphatic carbocycles. The summed E-state index contributed by atoms with van der Waals surface area (Å²) in [4.78, 5) is 13.7. The Morgan fingerprint density at radius 2 is 1.93 bits per heavy atom. The summed E-state index contributed by atoms with van der Waals surface area (Å²) < 4.78 is 22.9. The Hall–Kier alpha value is -1.10. The first-order valence-electron chi connectivity index (χ1n) is 4.31. The molecule has 0 bridgehead atoms. The highest BCUT2D eigenvalue weighted by Crippen LogP contribution is 2.09. The number of rotatable bonds is 2. The number of nitrogens with one attached hydrogen (secondary N) is 1. The molecule has 4 nitrogen and oxygen atoms in total. The van der Waals surface area contributed by atoms with E-state index in [1.807, 2.05) is 0 Å². The minimum Gasteiger partial charge on any atom is -0.325 e. The average molecular weight is 215 g/mol. The molecule has 1 aromatic rings. The standard InChI is InChI=1S/C9H13NO3S/c1-4-14(12,13)8-5-6(2)7(3)10-9(8)11/h5H,4H2,1-3H3,(H,10,11). The maximum absolute atomic E-state index is 11.5. The molecule has 1 N–H and O–H groups in total. The van der Waals surface area contributed by atoms with E-state index in [-0.39, 0.29) is 10.6 Å². The van der Waals surface area contributed by atoms with Crippen molar-refractivity contribution in [1.82, 2.24) is 4.98 Å². The van der Waals surface area contributed by atoms with E-state index in [4.69, 9.17) is 0 Å². The molecule has 5 heteroatoms. The first kappa shape index (κ1) is 11.0. The highest BCUT2D eigenvalue weighted by molar-refractivity contribution is 7.91. The lowest BCUT2D eigenvalue weighted by Crippen LogP contribution is -2.20. The second-order valence-corrected chi connectivity index (χ2v) is 5.42. The Morgan fingerprint density at radius 3 is 2.43 bits per heavy atom. The van der Waals surface area contributed by atoms with E-state index in [0.717, 1.165) is 5.56 Å². The molecule has 0 unspecified atom stereocenters. The third-order valence-electron chi connectivity index (χ3n) is 2.18. The highest BCUT2D eigenvalue weighted by Gasteiger charge is 2.16. The normalized spacial score (nSPS) is 11.6. The van der Waals surface area contributed by atoms with Crippen LogP contribution in [0.1, 0.15) is 18.2 Å². The Labute approximate surface area is 82.9 Å². The van der Waals surface area contributed by atoms with E-state index in [2.05, 4.69) is 4.98 Å². The molecule has 1 aromatic heterocycles. The number of pyridine rings is 1. The molecule has 0 aliphatic rings. The van der Waals surface area contributed by atoms with Crippen LogP contribution in [0.4, 0.5) is 0 Å². The van der Waals surface area contributed by atoms with Crippen LogP contribution >= 0.6 is 0 Å². The van der Waals surface area contributed by atoms with Crippen LogP contribution < -0.4 is 5.56 Å². The molecule has 0 saturated carbocycles. The van der Waals surface area contributed by atoms with Gasteiger partial charge in [0.25, 0.3) is 5.56 Å². The monoisotopic (exact) mass is 215 g/mol. The predicted molar refractivity (Wildman–Crippen MR) is 54.3 cm³/mol. The summed E-state index contributed by atoms with van der Waals surface area (Å²) in [6.45, 7) is 5.02. The largest absolute Gasteiger partial charge is 0.325 e. The van der Waals surface area contributed by atoms with Gasteiger partial charge >= 0.3 is 0 Å². The van der Waals surface area contributed by atoms with E-state index >= 15 is 0 Å². The van der Waals surface area contributed by atoms with Crippen LogP contribution in [0.25, 0.3) is 0 Å². The number of aryl methyl sites for hydroxylation is 2. The van der Waals surface area contributed by atoms with E-state index in [9.17, 15) is 13.2 Å². The van der Waals surface area contributed by atoms with Gasteiger partial charge in [-0.1, -0.05) is 6.92 Å². The van der Waals surface area contributed by atoms with Crippen LogP contribution in [0.15, 0.2) is 15.8 Å². The van der Waals surface area contributed by atoms with Gasteiger partial charge in [0, 0.05) is 5.69 Å². The summed E-state index contributed by atoms with van der Waals surface area (Å²) in [6, 6.07) is 1.42. The smallest absolute Gasteiger partial charge is 0.266 e. The second-order valence-electron chi connectivity index (χ2n) is 3.17. The van der Waals surface area contributed by atoms with Gasteiger partial charge in [0.1, 0.15) is 4.90 Å². The van der Waals surface area contributed by atoms with Gasteiger partial charge in [-0.05, 0) is 25.5 Å². The van der Waals surface area contributed by atoms with Crippen LogP contribution in [0.5, 0.6) is 0 Å². The lowest BCUT2D eigenvalue weighted by Gasteiger charge is -2.03. The average Bonchev–Trinajstić information content (AvgIpc) is 2.11. The lowest BCUT2D eigenvalue weighted by atomic mass is 10.2. The van der Waals surface area contributed by atoms with Gasteiger partial charge in [0.2, 0.25) is 0 Å². The van der Waals surface area contributed by atoms with E-state index < -0.39 is 15.4 Å². The third-order valence-corrected chi connectivity index (χ3v) is 3.91. The number of aromatic nitrogens is 1. The third kappa shape index (κ3) is 1.87. The summed E-state index contributed by atoms with van der Waals surface area (Å²) in [5, 5.41) is 0. The number of sulfone groups is 1. The van der Waals surface area contributed by atoms with Crippen LogP contribution in [-0.4, -0.2) is 19.2 Å². The van der Waals surface area contributed by atoms with Crippen molar-refractivity contribution in [3.63, 3.8) is 0 Å². The zero-order valence-corrected chi connectivity index (χ0v) is 9.23. The van der Waals surface area contributed by atoms with Crippen molar-refractivity contribution in [2.24, 2.45) is 0 Å². The molecule has 14 heavy (non-hydrogen) atoms. The fourth-order valence-corrected chi connectivity index (χ4v) is 2.09. The summed E-state index contributed by atoms with van der Waals surface area (Å²) in [7, 11) is -3.41. The summed E-state index contributed by atoms with van der Waals surface area (Å²) in [5.41, 5.74) is 0.941. The maximum Gasteiger partial charge on any atom is 0.266 e. The highest BCUT2D eigenvalue weighted by atomic mass is 32.2. The number of H-pyrrole nitrogens is 1. The molecule has 1 rings (SSSR count). The number of aromatic amines is 1. The summed E-state index contributed by atoms with van der Waals surface area (Å²) in [6.07, 6.45) is 0. The Morgan fingerprint density at radius 1 is 1.36 bits per heavy atom. The molecule has 0 amide bonds. The first-order chi connectivity index (χ1) is 6.38. The molecule has 78 valence electrons. The van der Waals surface area contributed by atoms with Crippen molar-refractivity contribution >= 4 is 9.84 Å². The number of hydrogen-bond donors (Lipinski definition) is 1. The van der Waals surface area contributed by atoms with Crippen LogP contribution in [0.2, 0.25) is 0 Å². The first-order valence-corrected chi connectivity index (χ1v) is 5.97. The zero-order valence-electron chi connectivity index (χ0n) is 8.42. The van der Waals surface area contributed by atoms with Gasteiger partial charge in [0.05, 0.1) is 5.75 Å². The summed E-state index contributed by atoms with van der Waals surface area (Å²) in [5.74, 6) is -0.0570. The number of hydrogen-bond acceptors (Lipinski definition) is 3. The van der Waals surface area contributed by atoms with E-state index in [1.165, 1.54) is 13.0 Å². The Bertz CT molecular complexity index is 499. The molecule has 0 spiro atoms. The molecule has 0 aliphatic heterocycles. The molecule has 0 aromatic carbocycles. The fraction of sp³-hybridized carbons (Fsp3) is 0.444. The molecule has 1 heterocycles. The van der Waals surface area contributed by atoms with Crippen molar-refractivity contribution in [3.8, 4) is 0 Å². The Kier molecular flexibility index (Phi) is 2.80. The van der Waals surface area contributed by atoms with Gasteiger partial charge in [-0.3, -0.25) is 4.79 Å². The quantitative estimate of drug-likeness (QED) is 0.793. The van der Waals surface area contributed by atoms with Crippen molar-refractivity contribution in [1.29, 1.82) is 0 Å². The van der Waals surface area contributed by atoms with E-state index in [0.29, 0.717) is 5.69 Å². The molecule has 0 atom stereocenters. The van der Waals surface area contributed by atoms with Crippen LogP contribution in [0, 0.1) is 13.8 Å². The Balaban J connectivity index is 3.53. The SMILES string of the molecule is CCS(=O)(=O)c1cc(C)c(C)[nH]c1=O. The fourth-order valence-electron chi connectivity index (χ4n) is 1.09. The lowest BCUT2D eigenvalue weighted by molar-refractivity contribution is 0.595. The van der Waals surface area contributed by atoms with Gasteiger partial charge in [-0.2, -0.15) is 0 Å². The maximum atomic E-state index is 11.5. The van der Waals surface area contributed by atoms with Crippen molar-refractivity contribution in [2.75, 3.05) is 5.75 Å². The van der Waals surface area contributed by atoms with Gasteiger partial charge < -0.3 is 4.98 Å². The predicted octanol–water partition coefficient (Wildman–Crippen LogP) is 0.785. The van der Waals surface area contributed by atoms with Crippen molar-refractivity contribution in [2.45, 2.75) is 25.7 Å². The molecular formula is C9H13NO3S. The van der Waals surface area contributed by atoms with Crippen molar-refractivity contribution in [3.05, 3.63) is 27.7 Å². The molecular weight excluding hydrogens is 202 g/mol. The molecule has 0 saturated heterocycles. The van der Waals surface area contributed by atoms with Crippen molar-refractivity contribution < 1.29 is 8.42 Å². The molecule has 0 fully saturated rings. The van der Waals surface area contributed by atoms with Crippen LogP contribution in [-0.2, 0) is 9.84 Å². The minimum absolute atomic E-state index is 0.0570. The van der Waals surface area contributed by atoms with Gasteiger partial charge in [0.15, 0.2) is 9.84 Å². The zero-order chi connectivity index (χ0) is 10.9. The van der Waals surface area contributed by atoms with Gasteiger partial charge in [-0.15, -0.1) is 0 Å². The van der Waals surface area contributed by atoms with Gasteiger partial charge in [-0.25, -0.2) is 8.42 Å².